The number of nitrogens with one attached hydrogen (secondary N) is 1. The number of aliphatic hydroxyl groups is 2. The van der Waals surface area contributed by atoms with E-state index in [4.69, 9.17) is 9.84 Å². The molecule has 0 aromatic heterocycles. The van der Waals surface area contributed by atoms with E-state index >= 15 is 0 Å². The lowest BCUT2D eigenvalue weighted by molar-refractivity contribution is -0.157. The molecule has 0 saturated heterocycles. The van der Waals surface area contributed by atoms with E-state index in [-0.39, 0.29) is 6.61 Å². The summed E-state index contributed by atoms with van der Waals surface area (Å²) in [5.41, 5.74) is 0.891. The highest BCUT2D eigenvalue weighted by atomic mass is 16.6. The van der Waals surface area contributed by atoms with Crippen molar-refractivity contribution in [2.45, 2.75) is 51.4 Å². The molecule has 1 aromatic carbocycles. The highest BCUT2D eigenvalue weighted by molar-refractivity contribution is 5.72. The van der Waals surface area contributed by atoms with Gasteiger partial charge >= 0.3 is 5.97 Å². The lowest BCUT2D eigenvalue weighted by Gasteiger charge is -2.24. The molecule has 0 heterocycles. The van der Waals surface area contributed by atoms with Gasteiger partial charge in [0.2, 0.25) is 6.41 Å². The fraction of sp³-hybridized carbons (Fsp3) is 0.533. The molecule has 0 spiro atoms. The molecule has 0 bridgehead atoms. The quantitative estimate of drug-likeness (QED) is 0.482. The zero-order valence-corrected chi connectivity index (χ0v) is 12.1. The SMILES string of the molecule is CCCCC(NC(O)OCc1ccccc1)C(O)C(=O)O. The fourth-order valence-electron chi connectivity index (χ4n) is 1.91. The van der Waals surface area contributed by atoms with Crippen LogP contribution in [0.1, 0.15) is 31.7 Å². The average Bonchev–Trinajstić information content (AvgIpc) is 2.49. The van der Waals surface area contributed by atoms with Crippen molar-refractivity contribution in [3.63, 3.8) is 0 Å². The van der Waals surface area contributed by atoms with Crippen LogP contribution in [-0.2, 0) is 16.1 Å². The summed E-state index contributed by atoms with van der Waals surface area (Å²) in [6.07, 6.45) is -0.859. The van der Waals surface area contributed by atoms with Crippen LogP contribution in [0.5, 0.6) is 0 Å². The third-order valence-electron chi connectivity index (χ3n) is 3.11. The highest BCUT2D eigenvalue weighted by Crippen LogP contribution is 2.08. The smallest absolute Gasteiger partial charge is 0.334 e. The first kappa shape index (κ1) is 17.6. The molecule has 0 fully saturated rings. The first-order valence-corrected chi connectivity index (χ1v) is 7.05. The van der Waals surface area contributed by atoms with E-state index in [0.29, 0.717) is 6.42 Å². The van der Waals surface area contributed by atoms with Crippen LogP contribution in [0.25, 0.3) is 0 Å². The Morgan fingerprint density at radius 3 is 2.52 bits per heavy atom. The predicted octanol–water partition coefficient (Wildman–Crippen LogP) is 1.07. The van der Waals surface area contributed by atoms with Crippen LogP contribution < -0.4 is 5.32 Å². The Hall–Kier alpha value is -1.47. The zero-order chi connectivity index (χ0) is 15.7. The Morgan fingerprint density at radius 1 is 1.29 bits per heavy atom. The number of carboxylic acid groups (broad SMARTS) is 1. The van der Waals surface area contributed by atoms with Gasteiger partial charge < -0.3 is 20.1 Å². The molecule has 0 aliphatic heterocycles. The maximum Gasteiger partial charge on any atom is 0.334 e. The maximum atomic E-state index is 10.9. The van der Waals surface area contributed by atoms with E-state index in [1.54, 1.807) is 0 Å². The largest absolute Gasteiger partial charge is 0.479 e. The van der Waals surface area contributed by atoms with Crippen molar-refractivity contribution in [2.75, 3.05) is 0 Å². The normalized spacial score (nSPS) is 15.4. The van der Waals surface area contributed by atoms with Crippen molar-refractivity contribution in [3.8, 4) is 0 Å². The average molecular weight is 297 g/mol. The van der Waals surface area contributed by atoms with Gasteiger partial charge in [-0.25, -0.2) is 4.79 Å². The van der Waals surface area contributed by atoms with Gasteiger partial charge in [-0.1, -0.05) is 50.1 Å². The van der Waals surface area contributed by atoms with Crippen molar-refractivity contribution in [1.82, 2.24) is 5.32 Å². The molecular formula is C15H23NO5. The van der Waals surface area contributed by atoms with Crippen molar-refractivity contribution < 1.29 is 24.9 Å². The van der Waals surface area contributed by atoms with Crippen LogP contribution in [0.4, 0.5) is 0 Å². The second-order valence-corrected chi connectivity index (χ2v) is 4.85. The van der Waals surface area contributed by atoms with Gasteiger partial charge in [-0.2, -0.15) is 0 Å². The number of rotatable bonds is 10. The lowest BCUT2D eigenvalue weighted by Crippen LogP contribution is -2.49. The number of carboxylic acids is 1. The Bertz CT molecular complexity index is 412. The Kier molecular flexibility index (Phi) is 7.92. The molecule has 21 heavy (non-hydrogen) atoms. The molecule has 0 radical (unpaired) electrons. The summed E-state index contributed by atoms with van der Waals surface area (Å²) in [5.74, 6) is -1.32. The second kappa shape index (κ2) is 9.46. The van der Waals surface area contributed by atoms with Crippen molar-refractivity contribution >= 4 is 5.97 Å². The van der Waals surface area contributed by atoms with Gasteiger partial charge in [0, 0.05) is 6.04 Å². The molecule has 0 aliphatic rings. The molecular weight excluding hydrogens is 274 g/mol. The molecule has 4 N–H and O–H groups in total. The molecule has 1 aromatic rings. The molecule has 0 aliphatic carbocycles. The van der Waals surface area contributed by atoms with Crippen molar-refractivity contribution in [2.24, 2.45) is 0 Å². The van der Waals surface area contributed by atoms with E-state index in [9.17, 15) is 15.0 Å². The topological polar surface area (TPSA) is 99.0 Å². The van der Waals surface area contributed by atoms with Crippen LogP contribution in [0.3, 0.4) is 0 Å². The maximum absolute atomic E-state index is 10.9. The number of benzene rings is 1. The van der Waals surface area contributed by atoms with Gasteiger partial charge in [0.15, 0.2) is 6.10 Å². The number of aliphatic carboxylic acids is 1. The van der Waals surface area contributed by atoms with E-state index in [1.165, 1.54) is 0 Å². The highest BCUT2D eigenvalue weighted by Gasteiger charge is 2.27. The molecule has 3 atom stereocenters. The summed E-state index contributed by atoms with van der Waals surface area (Å²) < 4.78 is 5.21. The summed E-state index contributed by atoms with van der Waals surface area (Å²) in [7, 11) is 0. The summed E-state index contributed by atoms with van der Waals surface area (Å²) in [6, 6.07) is 8.55. The molecule has 118 valence electrons. The molecule has 0 amide bonds. The fourth-order valence-corrected chi connectivity index (χ4v) is 1.91. The Labute approximate surface area is 124 Å². The third-order valence-corrected chi connectivity index (χ3v) is 3.11. The molecule has 1 rings (SSSR count). The number of carbonyl (C=O) groups is 1. The van der Waals surface area contributed by atoms with E-state index < -0.39 is 24.5 Å². The predicted molar refractivity (Wildman–Crippen MR) is 77.3 cm³/mol. The van der Waals surface area contributed by atoms with Crippen molar-refractivity contribution in [1.29, 1.82) is 0 Å². The van der Waals surface area contributed by atoms with Gasteiger partial charge in [0.1, 0.15) is 0 Å². The first-order chi connectivity index (χ1) is 10.0. The summed E-state index contributed by atoms with van der Waals surface area (Å²) in [6.45, 7) is 2.16. The number of aliphatic hydroxyl groups excluding tert-OH is 2. The minimum absolute atomic E-state index is 0.193. The number of ether oxygens (including phenoxy) is 1. The van der Waals surface area contributed by atoms with Crippen LogP contribution in [0.2, 0.25) is 0 Å². The standard InChI is InChI=1S/C15H23NO5/c1-2-3-9-12(13(17)14(18)19)16-15(20)21-10-11-7-5-4-6-8-11/h4-8,12-13,15-17,20H,2-3,9-10H2,1H3,(H,18,19). The monoisotopic (exact) mass is 297 g/mol. The summed E-state index contributed by atoms with van der Waals surface area (Å²) in [4.78, 5) is 10.9. The van der Waals surface area contributed by atoms with Gasteiger partial charge in [-0.05, 0) is 12.0 Å². The zero-order valence-electron chi connectivity index (χ0n) is 12.1. The summed E-state index contributed by atoms with van der Waals surface area (Å²) in [5, 5.41) is 30.9. The number of hydrogen-bond acceptors (Lipinski definition) is 5. The third kappa shape index (κ3) is 6.68. The first-order valence-electron chi connectivity index (χ1n) is 7.05. The van der Waals surface area contributed by atoms with Crippen LogP contribution in [0.15, 0.2) is 30.3 Å². The van der Waals surface area contributed by atoms with Gasteiger partial charge in [0.25, 0.3) is 0 Å². The van der Waals surface area contributed by atoms with Crippen LogP contribution in [0, 0.1) is 0 Å². The van der Waals surface area contributed by atoms with Gasteiger partial charge in [0.05, 0.1) is 6.61 Å². The van der Waals surface area contributed by atoms with Crippen LogP contribution >= 0.6 is 0 Å². The number of hydrogen-bond donors (Lipinski definition) is 4. The van der Waals surface area contributed by atoms with E-state index in [1.807, 2.05) is 37.3 Å². The van der Waals surface area contributed by atoms with E-state index in [0.717, 1.165) is 18.4 Å². The molecule has 3 unspecified atom stereocenters. The minimum Gasteiger partial charge on any atom is -0.479 e. The minimum atomic E-state index is -1.58. The lowest BCUT2D eigenvalue weighted by atomic mass is 10.0. The molecule has 0 saturated carbocycles. The molecule has 6 nitrogen and oxygen atoms in total. The molecule has 6 heteroatoms. The van der Waals surface area contributed by atoms with Gasteiger partial charge in [-0.3, -0.25) is 5.32 Å². The second-order valence-electron chi connectivity index (χ2n) is 4.85. The summed E-state index contributed by atoms with van der Waals surface area (Å²) >= 11 is 0. The number of unbranched alkanes of at least 4 members (excludes halogenated alkanes) is 1. The van der Waals surface area contributed by atoms with E-state index in [2.05, 4.69) is 5.32 Å². The van der Waals surface area contributed by atoms with Crippen molar-refractivity contribution in [3.05, 3.63) is 35.9 Å². The Balaban J connectivity index is 2.47. The Morgan fingerprint density at radius 2 is 1.95 bits per heavy atom. The van der Waals surface area contributed by atoms with Gasteiger partial charge in [-0.15, -0.1) is 0 Å². The van der Waals surface area contributed by atoms with Crippen LogP contribution in [-0.4, -0.2) is 39.8 Å².